The summed E-state index contributed by atoms with van der Waals surface area (Å²) in [6.45, 7) is 1.68. The summed E-state index contributed by atoms with van der Waals surface area (Å²) in [4.78, 5) is 25.0. The van der Waals surface area contributed by atoms with E-state index < -0.39 is 23.4 Å². The van der Waals surface area contributed by atoms with Gasteiger partial charge in [-0.1, -0.05) is 42.5 Å². The van der Waals surface area contributed by atoms with E-state index in [1.807, 2.05) is 30.3 Å². The van der Waals surface area contributed by atoms with Crippen LogP contribution in [-0.2, 0) is 9.53 Å². The van der Waals surface area contributed by atoms with Gasteiger partial charge in [0.2, 0.25) is 0 Å². The van der Waals surface area contributed by atoms with Crippen LogP contribution in [0.15, 0.2) is 59.7 Å². The van der Waals surface area contributed by atoms with Crippen LogP contribution in [0.1, 0.15) is 41.6 Å². The molecule has 1 fully saturated rings. The number of hydrazone groups is 1. The predicted octanol–water partition coefficient (Wildman–Crippen LogP) is 2.60. The number of hydrogen-bond acceptors (Lipinski definition) is 6. The Balaban J connectivity index is 1.95. The molecule has 3 rings (SSSR count). The summed E-state index contributed by atoms with van der Waals surface area (Å²) in [5.74, 6) is -2.36. The summed E-state index contributed by atoms with van der Waals surface area (Å²) < 4.78 is 5.00. The first-order chi connectivity index (χ1) is 13.8. The van der Waals surface area contributed by atoms with Crippen LogP contribution in [0.4, 0.5) is 0 Å². The Morgan fingerprint density at radius 2 is 1.79 bits per heavy atom. The molecule has 1 saturated carbocycles. The highest BCUT2D eigenvalue weighted by atomic mass is 16.5. The van der Waals surface area contributed by atoms with Gasteiger partial charge in [-0.05, 0) is 31.0 Å². The van der Waals surface area contributed by atoms with E-state index in [0.29, 0.717) is 12.1 Å². The van der Waals surface area contributed by atoms with E-state index in [1.54, 1.807) is 19.1 Å². The minimum atomic E-state index is -1.11. The van der Waals surface area contributed by atoms with Gasteiger partial charge < -0.3 is 14.9 Å². The number of methoxy groups -OCH3 is 1. The fraction of sp³-hybridized carbons (Fsp3) is 0.318. The Bertz CT molecular complexity index is 924. The third kappa shape index (κ3) is 4.63. The number of carbonyl (C=O) groups excluding carboxylic acids is 2. The molecule has 3 N–H and O–H groups in total. The summed E-state index contributed by atoms with van der Waals surface area (Å²) in [5.41, 5.74) is 2.56. The molecule has 7 nitrogen and oxygen atoms in total. The average molecular weight is 396 g/mol. The average Bonchev–Trinajstić information content (AvgIpc) is 2.71. The van der Waals surface area contributed by atoms with Gasteiger partial charge in [0.15, 0.2) is 0 Å². The number of phenols is 1. The molecule has 2 aromatic carbocycles. The molecule has 0 saturated heterocycles. The number of esters is 1. The maximum atomic E-state index is 12.6. The number of carbonyl (C=O) groups is 2. The van der Waals surface area contributed by atoms with E-state index in [2.05, 4.69) is 10.5 Å². The SMILES string of the molecule is COC(=O)C1/C(=N/NC(=O)c2ccccc2O)CC(C)(O)CC1c1ccccc1. The van der Waals surface area contributed by atoms with Gasteiger partial charge in [0.25, 0.3) is 5.91 Å². The Hall–Kier alpha value is -3.19. The van der Waals surface area contributed by atoms with Crippen molar-refractivity contribution in [2.75, 3.05) is 7.11 Å². The lowest BCUT2D eigenvalue weighted by Gasteiger charge is -2.39. The number of phenolic OH excluding ortho intramolecular Hbond substituents is 1. The largest absolute Gasteiger partial charge is 0.507 e. The topological polar surface area (TPSA) is 108 Å². The van der Waals surface area contributed by atoms with Crippen molar-refractivity contribution in [3.05, 3.63) is 65.7 Å². The predicted molar refractivity (Wildman–Crippen MR) is 108 cm³/mol. The number of aliphatic hydroxyl groups is 1. The molecule has 3 unspecified atom stereocenters. The summed E-state index contributed by atoms with van der Waals surface area (Å²) in [6, 6.07) is 15.5. The third-order valence-corrected chi connectivity index (χ3v) is 5.12. The van der Waals surface area contributed by atoms with E-state index in [4.69, 9.17) is 4.74 Å². The molecule has 0 bridgehead atoms. The van der Waals surface area contributed by atoms with Crippen molar-refractivity contribution < 1.29 is 24.5 Å². The van der Waals surface area contributed by atoms with E-state index in [0.717, 1.165) is 5.56 Å². The zero-order valence-corrected chi connectivity index (χ0v) is 16.3. The molecule has 0 spiro atoms. The number of nitrogens with one attached hydrogen (secondary N) is 1. The van der Waals surface area contributed by atoms with Crippen LogP contribution in [0.2, 0.25) is 0 Å². The summed E-state index contributed by atoms with van der Waals surface area (Å²) in [5, 5.41) is 24.8. The number of aromatic hydroxyl groups is 1. The van der Waals surface area contributed by atoms with Crippen LogP contribution in [0.5, 0.6) is 5.75 Å². The molecule has 1 amide bonds. The van der Waals surface area contributed by atoms with Gasteiger partial charge in [-0.3, -0.25) is 9.59 Å². The van der Waals surface area contributed by atoms with E-state index in [-0.39, 0.29) is 23.7 Å². The van der Waals surface area contributed by atoms with Gasteiger partial charge in [-0.25, -0.2) is 5.43 Å². The normalized spacial score (nSPS) is 25.4. The van der Waals surface area contributed by atoms with E-state index in [1.165, 1.54) is 19.2 Å². The number of benzene rings is 2. The van der Waals surface area contributed by atoms with Crippen molar-refractivity contribution in [3.63, 3.8) is 0 Å². The Morgan fingerprint density at radius 1 is 1.14 bits per heavy atom. The molecule has 0 aliphatic heterocycles. The molecular formula is C22H24N2O5. The number of hydrogen-bond donors (Lipinski definition) is 3. The first-order valence-electron chi connectivity index (χ1n) is 9.32. The smallest absolute Gasteiger partial charge is 0.315 e. The minimum Gasteiger partial charge on any atom is -0.507 e. The van der Waals surface area contributed by atoms with Crippen LogP contribution in [0.3, 0.4) is 0 Å². The number of para-hydroxylation sites is 1. The zero-order valence-electron chi connectivity index (χ0n) is 16.3. The van der Waals surface area contributed by atoms with Crippen LogP contribution in [0, 0.1) is 5.92 Å². The Morgan fingerprint density at radius 3 is 2.45 bits per heavy atom. The van der Waals surface area contributed by atoms with Crippen LogP contribution in [0.25, 0.3) is 0 Å². The van der Waals surface area contributed by atoms with Crippen molar-refractivity contribution in [1.82, 2.24) is 5.43 Å². The summed E-state index contributed by atoms with van der Waals surface area (Å²) in [6.07, 6.45) is 0.459. The van der Waals surface area contributed by atoms with Gasteiger partial charge in [0.1, 0.15) is 11.7 Å². The van der Waals surface area contributed by atoms with Gasteiger partial charge in [0, 0.05) is 12.3 Å². The molecule has 152 valence electrons. The third-order valence-electron chi connectivity index (χ3n) is 5.12. The van der Waals surface area contributed by atoms with Crippen molar-refractivity contribution in [1.29, 1.82) is 0 Å². The molecule has 3 atom stereocenters. The second-order valence-electron chi connectivity index (χ2n) is 7.46. The molecule has 7 heteroatoms. The monoisotopic (exact) mass is 396 g/mol. The first-order valence-corrected chi connectivity index (χ1v) is 9.32. The van der Waals surface area contributed by atoms with Crippen molar-refractivity contribution in [2.24, 2.45) is 11.0 Å². The maximum absolute atomic E-state index is 12.6. The number of ether oxygens (including phenoxy) is 1. The fourth-order valence-electron chi connectivity index (χ4n) is 3.79. The van der Waals surface area contributed by atoms with Crippen molar-refractivity contribution in [2.45, 2.75) is 31.3 Å². The molecule has 2 aromatic rings. The lowest BCUT2D eigenvalue weighted by Crippen LogP contribution is -2.46. The molecule has 0 heterocycles. The zero-order chi connectivity index (χ0) is 21.0. The van der Waals surface area contributed by atoms with Crippen molar-refractivity contribution in [3.8, 4) is 5.75 Å². The molecule has 1 aliphatic rings. The standard InChI is InChI=1S/C22H24N2O5/c1-22(28)12-16(14-8-4-3-5-9-14)19(21(27)29-2)17(13-22)23-24-20(26)15-10-6-7-11-18(15)25/h3-11,16,19,25,28H,12-13H2,1-2H3,(H,24,26)/b23-17+. The summed E-state index contributed by atoms with van der Waals surface area (Å²) >= 11 is 0. The maximum Gasteiger partial charge on any atom is 0.315 e. The van der Waals surface area contributed by atoms with Crippen LogP contribution in [-0.4, -0.2) is 40.5 Å². The minimum absolute atomic E-state index is 0.0636. The Kier molecular flexibility index (Phi) is 5.98. The van der Waals surface area contributed by atoms with E-state index >= 15 is 0 Å². The van der Waals surface area contributed by atoms with Gasteiger partial charge in [0.05, 0.1) is 24.0 Å². The second-order valence-corrected chi connectivity index (χ2v) is 7.46. The quantitative estimate of drug-likeness (QED) is 0.544. The van der Waals surface area contributed by atoms with Gasteiger partial charge in [-0.15, -0.1) is 0 Å². The van der Waals surface area contributed by atoms with Gasteiger partial charge >= 0.3 is 5.97 Å². The second kappa shape index (κ2) is 8.45. The van der Waals surface area contributed by atoms with Crippen LogP contribution >= 0.6 is 0 Å². The first kappa shape index (κ1) is 20.5. The molecule has 0 radical (unpaired) electrons. The Labute approximate surface area is 169 Å². The number of amides is 1. The molecule has 29 heavy (non-hydrogen) atoms. The highest BCUT2D eigenvalue weighted by Crippen LogP contribution is 2.41. The van der Waals surface area contributed by atoms with Crippen molar-refractivity contribution >= 4 is 17.6 Å². The highest BCUT2D eigenvalue weighted by Gasteiger charge is 2.45. The molecule has 1 aliphatic carbocycles. The van der Waals surface area contributed by atoms with Gasteiger partial charge in [-0.2, -0.15) is 5.10 Å². The highest BCUT2D eigenvalue weighted by molar-refractivity contribution is 6.05. The molecule has 0 aromatic heterocycles. The molecular weight excluding hydrogens is 372 g/mol. The van der Waals surface area contributed by atoms with E-state index in [9.17, 15) is 19.8 Å². The fourth-order valence-corrected chi connectivity index (χ4v) is 3.79. The number of nitrogens with zero attached hydrogens (tertiary/aromatic N) is 1. The number of rotatable bonds is 4. The summed E-state index contributed by atoms with van der Waals surface area (Å²) in [7, 11) is 1.30. The lowest BCUT2D eigenvalue weighted by molar-refractivity contribution is -0.144. The van der Waals surface area contributed by atoms with Crippen LogP contribution < -0.4 is 5.43 Å². The lowest BCUT2D eigenvalue weighted by atomic mass is 9.68.